The summed E-state index contributed by atoms with van der Waals surface area (Å²) in [4.78, 5) is 39.6. The van der Waals surface area contributed by atoms with E-state index in [1.54, 1.807) is 0 Å². The van der Waals surface area contributed by atoms with Crippen LogP contribution in [0.25, 0.3) is 0 Å². The molecule has 0 radical (unpaired) electrons. The van der Waals surface area contributed by atoms with Gasteiger partial charge in [0.25, 0.3) is 5.91 Å². The van der Waals surface area contributed by atoms with Gasteiger partial charge in [-0.3, -0.25) is 14.4 Å². The number of carbonyl (C=O) groups excluding carboxylic acids is 2. The molecule has 19 heavy (non-hydrogen) atoms. The van der Waals surface area contributed by atoms with E-state index in [4.69, 9.17) is 4.74 Å². The van der Waals surface area contributed by atoms with E-state index in [-0.39, 0.29) is 28.8 Å². The highest BCUT2D eigenvalue weighted by atomic mass is 16.5. The first-order chi connectivity index (χ1) is 9.13. The lowest BCUT2D eigenvalue weighted by atomic mass is 9.97. The number of aromatic nitrogens is 1. The minimum Gasteiger partial charge on any atom is -0.469 e. The van der Waals surface area contributed by atoms with Crippen molar-refractivity contribution in [3.05, 3.63) is 34.2 Å². The molecule has 0 spiro atoms. The predicted molar refractivity (Wildman–Crippen MR) is 67.7 cm³/mol. The Morgan fingerprint density at radius 1 is 1.47 bits per heavy atom. The van der Waals surface area contributed by atoms with E-state index in [1.807, 2.05) is 0 Å². The number of likely N-dealkylation sites (tertiary alicyclic amines) is 1. The van der Waals surface area contributed by atoms with E-state index in [0.717, 1.165) is 6.42 Å². The van der Waals surface area contributed by atoms with Crippen LogP contribution in [-0.4, -0.2) is 42.0 Å². The summed E-state index contributed by atoms with van der Waals surface area (Å²) in [5, 5.41) is 0. The Hall–Kier alpha value is -2.11. The number of methoxy groups -OCH3 is 1. The Balaban J connectivity index is 2.14. The van der Waals surface area contributed by atoms with Gasteiger partial charge in [-0.2, -0.15) is 0 Å². The first-order valence-electron chi connectivity index (χ1n) is 6.17. The summed E-state index contributed by atoms with van der Waals surface area (Å²) < 4.78 is 4.70. The summed E-state index contributed by atoms with van der Waals surface area (Å²) in [5.74, 6) is -0.944. The zero-order valence-corrected chi connectivity index (χ0v) is 10.7. The van der Waals surface area contributed by atoms with Crippen LogP contribution in [0.4, 0.5) is 0 Å². The Morgan fingerprint density at radius 3 is 2.95 bits per heavy atom. The number of hydrogen-bond acceptors (Lipinski definition) is 4. The van der Waals surface area contributed by atoms with Crippen LogP contribution in [0, 0.1) is 5.92 Å². The number of piperidine rings is 1. The van der Waals surface area contributed by atoms with Gasteiger partial charge >= 0.3 is 5.97 Å². The van der Waals surface area contributed by atoms with Crippen LogP contribution in [0.3, 0.4) is 0 Å². The number of H-pyrrole nitrogens is 1. The second-order valence-electron chi connectivity index (χ2n) is 4.54. The molecule has 0 aromatic carbocycles. The van der Waals surface area contributed by atoms with Crippen LogP contribution in [0.5, 0.6) is 0 Å². The molecule has 1 aliphatic heterocycles. The van der Waals surface area contributed by atoms with Crippen LogP contribution in [-0.2, 0) is 9.53 Å². The molecular weight excluding hydrogens is 248 g/mol. The maximum absolute atomic E-state index is 12.2. The third-order valence-corrected chi connectivity index (χ3v) is 3.30. The smallest absolute Gasteiger partial charge is 0.310 e. The van der Waals surface area contributed by atoms with Crippen LogP contribution >= 0.6 is 0 Å². The van der Waals surface area contributed by atoms with Gasteiger partial charge in [0, 0.05) is 31.5 Å². The van der Waals surface area contributed by atoms with Gasteiger partial charge in [-0.25, -0.2) is 0 Å². The van der Waals surface area contributed by atoms with Crippen molar-refractivity contribution < 1.29 is 14.3 Å². The van der Waals surface area contributed by atoms with Crippen molar-refractivity contribution in [2.75, 3.05) is 20.2 Å². The summed E-state index contributed by atoms with van der Waals surface area (Å²) in [7, 11) is 1.34. The van der Waals surface area contributed by atoms with Crippen LogP contribution < -0.4 is 5.43 Å². The first kappa shape index (κ1) is 13.3. The molecule has 0 saturated carbocycles. The second kappa shape index (κ2) is 5.69. The van der Waals surface area contributed by atoms with Crippen LogP contribution in [0.15, 0.2) is 23.3 Å². The number of rotatable bonds is 2. The molecule has 1 fully saturated rings. The Bertz CT molecular complexity index is 537. The zero-order valence-electron chi connectivity index (χ0n) is 10.7. The third-order valence-electron chi connectivity index (χ3n) is 3.30. The number of carbonyl (C=O) groups is 2. The van der Waals surface area contributed by atoms with Crippen molar-refractivity contribution in [3.63, 3.8) is 0 Å². The van der Waals surface area contributed by atoms with Gasteiger partial charge in [-0.05, 0) is 12.8 Å². The normalized spacial score (nSPS) is 19.0. The predicted octanol–water partition coefficient (Wildman–Crippen LogP) is 0.400. The highest BCUT2D eigenvalue weighted by Gasteiger charge is 2.30. The molecule has 2 heterocycles. The number of ether oxygens (including phenoxy) is 1. The van der Waals surface area contributed by atoms with E-state index in [1.165, 1.54) is 30.5 Å². The van der Waals surface area contributed by atoms with Crippen molar-refractivity contribution in [1.82, 2.24) is 9.88 Å². The van der Waals surface area contributed by atoms with Crippen molar-refractivity contribution >= 4 is 11.9 Å². The molecular formula is C13H16N2O4. The topological polar surface area (TPSA) is 79.5 Å². The molecule has 2 rings (SSSR count). The van der Waals surface area contributed by atoms with Crippen LogP contribution in [0.1, 0.15) is 23.2 Å². The molecule has 1 aliphatic rings. The summed E-state index contributed by atoms with van der Waals surface area (Å²) >= 11 is 0. The van der Waals surface area contributed by atoms with E-state index in [9.17, 15) is 14.4 Å². The van der Waals surface area contributed by atoms with Gasteiger partial charge in [0.2, 0.25) is 0 Å². The minimum atomic E-state index is -0.338. The van der Waals surface area contributed by atoms with Gasteiger partial charge in [-0.1, -0.05) is 0 Å². The van der Waals surface area contributed by atoms with Gasteiger partial charge in [0.15, 0.2) is 5.43 Å². The minimum absolute atomic E-state index is 0.105. The number of hydrogen-bond donors (Lipinski definition) is 1. The largest absolute Gasteiger partial charge is 0.469 e. The SMILES string of the molecule is COC(=O)C1CCCN(C(=O)c2c[nH]ccc2=O)C1. The van der Waals surface area contributed by atoms with Crippen molar-refractivity contribution in [3.8, 4) is 0 Å². The number of esters is 1. The average molecular weight is 264 g/mol. The number of aromatic amines is 1. The monoisotopic (exact) mass is 264 g/mol. The van der Waals surface area contributed by atoms with Gasteiger partial charge in [-0.15, -0.1) is 0 Å². The number of nitrogens with one attached hydrogen (secondary N) is 1. The molecule has 1 atom stereocenters. The molecule has 1 saturated heterocycles. The van der Waals surface area contributed by atoms with E-state index >= 15 is 0 Å². The highest BCUT2D eigenvalue weighted by molar-refractivity contribution is 5.94. The summed E-state index contributed by atoms with van der Waals surface area (Å²) in [5.41, 5.74) is -0.211. The Kier molecular flexibility index (Phi) is 3.99. The molecule has 102 valence electrons. The van der Waals surface area contributed by atoms with Crippen molar-refractivity contribution in [2.24, 2.45) is 5.92 Å². The lowest BCUT2D eigenvalue weighted by Crippen LogP contribution is -2.43. The highest BCUT2D eigenvalue weighted by Crippen LogP contribution is 2.18. The average Bonchev–Trinajstić information content (AvgIpc) is 2.46. The maximum Gasteiger partial charge on any atom is 0.310 e. The molecule has 6 nitrogen and oxygen atoms in total. The summed E-state index contributed by atoms with van der Waals surface area (Å²) in [6.07, 6.45) is 4.32. The van der Waals surface area contributed by atoms with Crippen LogP contribution in [0.2, 0.25) is 0 Å². The fraction of sp³-hybridized carbons (Fsp3) is 0.462. The van der Waals surface area contributed by atoms with Crippen molar-refractivity contribution in [2.45, 2.75) is 12.8 Å². The van der Waals surface area contributed by atoms with Crippen molar-refractivity contribution in [1.29, 1.82) is 0 Å². The third kappa shape index (κ3) is 2.83. The molecule has 1 N–H and O–H groups in total. The Morgan fingerprint density at radius 2 is 2.26 bits per heavy atom. The van der Waals surface area contributed by atoms with Gasteiger partial charge in [0.1, 0.15) is 5.56 Å². The molecule has 1 aromatic rings. The number of amides is 1. The molecule has 6 heteroatoms. The fourth-order valence-electron chi connectivity index (χ4n) is 2.27. The molecule has 0 aliphatic carbocycles. The van der Waals surface area contributed by atoms with E-state index in [0.29, 0.717) is 19.5 Å². The van der Waals surface area contributed by atoms with Gasteiger partial charge in [0.05, 0.1) is 13.0 Å². The van der Waals surface area contributed by atoms with E-state index in [2.05, 4.69) is 4.98 Å². The maximum atomic E-state index is 12.2. The summed E-state index contributed by atoms with van der Waals surface area (Å²) in [6, 6.07) is 1.31. The lowest BCUT2D eigenvalue weighted by Gasteiger charge is -2.31. The fourth-order valence-corrected chi connectivity index (χ4v) is 2.27. The molecule has 1 amide bonds. The number of pyridine rings is 1. The standard InChI is InChI=1S/C13H16N2O4/c1-19-13(18)9-3-2-6-15(8-9)12(17)10-7-14-5-4-11(10)16/h4-5,7,9H,2-3,6,8H2,1H3,(H,14,16). The number of nitrogens with zero attached hydrogens (tertiary/aromatic N) is 1. The quantitative estimate of drug-likeness (QED) is 0.784. The summed E-state index contributed by atoms with van der Waals surface area (Å²) in [6.45, 7) is 0.862. The first-order valence-corrected chi connectivity index (χ1v) is 6.17. The lowest BCUT2D eigenvalue weighted by molar-refractivity contribution is -0.146. The Labute approximate surface area is 110 Å². The molecule has 1 unspecified atom stereocenters. The van der Waals surface area contributed by atoms with E-state index < -0.39 is 0 Å². The van der Waals surface area contributed by atoms with Gasteiger partial charge < -0.3 is 14.6 Å². The second-order valence-corrected chi connectivity index (χ2v) is 4.54. The zero-order chi connectivity index (χ0) is 13.8. The molecule has 1 aromatic heterocycles. The molecule has 0 bridgehead atoms.